The van der Waals surface area contributed by atoms with Crippen molar-refractivity contribution >= 4 is 5.57 Å². The number of halogens is 1. The van der Waals surface area contributed by atoms with Gasteiger partial charge in [0.05, 0.1) is 11.1 Å². The highest BCUT2D eigenvalue weighted by atomic mass is 19.1. The second-order valence-corrected chi connectivity index (χ2v) is 3.93. The SMILES string of the molecule is C=C(N)C(=C)c1nnc(-c2ccc(CN)cc2F)o1. The van der Waals surface area contributed by atoms with Crippen molar-refractivity contribution in [1.29, 1.82) is 0 Å². The maximum Gasteiger partial charge on any atom is 0.251 e. The number of hydrogen-bond donors (Lipinski definition) is 2. The standard InChI is InChI=1S/C13H13FN4O/c1-7(8(2)16)12-17-18-13(19-12)10-4-3-9(6-15)5-11(10)14/h3-5H,1-2,6,15-16H2. The zero-order valence-corrected chi connectivity index (χ0v) is 10.2. The summed E-state index contributed by atoms with van der Waals surface area (Å²) in [7, 11) is 0. The van der Waals surface area contributed by atoms with E-state index >= 15 is 0 Å². The van der Waals surface area contributed by atoms with E-state index in [0.29, 0.717) is 11.1 Å². The average Bonchev–Trinajstić information content (AvgIpc) is 2.86. The lowest BCUT2D eigenvalue weighted by atomic mass is 10.1. The van der Waals surface area contributed by atoms with Gasteiger partial charge in [0.2, 0.25) is 5.89 Å². The van der Waals surface area contributed by atoms with Crippen LogP contribution in [-0.4, -0.2) is 10.2 Å². The Balaban J connectivity index is 2.38. The van der Waals surface area contributed by atoms with Crippen LogP contribution in [0.25, 0.3) is 17.0 Å². The molecular weight excluding hydrogens is 247 g/mol. The van der Waals surface area contributed by atoms with Gasteiger partial charge in [-0.2, -0.15) is 0 Å². The Bertz CT molecular complexity index is 648. The second-order valence-electron chi connectivity index (χ2n) is 3.93. The van der Waals surface area contributed by atoms with Gasteiger partial charge < -0.3 is 15.9 Å². The molecule has 19 heavy (non-hydrogen) atoms. The summed E-state index contributed by atoms with van der Waals surface area (Å²) in [5.74, 6) is -0.307. The van der Waals surface area contributed by atoms with Crippen molar-refractivity contribution in [1.82, 2.24) is 10.2 Å². The minimum absolute atomic E-state index is 0.0541. The molecule has 0 bridgehead atoms. The van der Waals surface area contributed by atoms with E-state index in [0.717, 1.165) is 0 Å². The van der Waals surface area contributed by atoms with E-state index in [4.69, 9.17) is 15.9 Å². The molecule has 0 aliphatic heterocycles. The van der Waals surface area contributed by atoms with Crippen molar-refractivity contribution in [3.63, 3.8) is 0 Å². The van der Waals surface area contributed by atoms with Crippen molar-refractivity contribution in [2.75, 3.05) is 0 Å². The molecule has 0 saturated heterocycles. The van der Waals surface area contributed by atoms with Crippen molar-refractivity contribution in [3.8, 4) is 11.5 Å². The van der Waals surface area contributed by atoms with Gasteiger partial charge in [-0.3, -0.25) is 0 Å². The molecule has 0 radical (unpaired) electrons. The van der Waals surface area contributed by atoms with Crippen LogP contribution in [0.15, 0.2) is 41.5 Å². The van der Waals surface area contributed by atoms with Crippen LogP contribution < -0.4 is 11.5 Å². The minimum atomic E-state index is -0.477. The van der Waals surface area contributed by atoms with Gasteiger partial charge in [0.25, 0.3) is 5.89 Å². The molecule has 2 aromatic rings. The molecule has 1 aromatic heterocycles. The van der Waals surface area contributed by atoms with Gasteiger partial charge in [-0.05, 0) is 17.7 Å². The molecule has 0 amide bonds. The molecule has 4 N–H and O–H groups in total. The third kappa shape index (κ3) is 2.53. The van der Waals surface area contributed by atoms with Crippen molar-refractivity contribution < 1.29 is 8.81 Å². The highest BCUT2D eigenvalue weighted by Crippen LogP contribution is 2.25. The molecule has 2 rings (SSSR count). The molecule has 5 nitrogen and oxygen atoms in total. The van der Waals surface area contributed by atoms with Gasteiger partial charge in [-0.1, -0.05) is 19.2 Å². The first-order valence-corrected chi connectivity index (χ1v) is 5.49. The van der Waals surface area contributed by atoms with Gasteiger partial charge in [0.1, 0.15) is 5.82 Å². The summed E-state index contributed by atoms with van der Waals surface area (Å²) in [5, 5.41) is 7.51. The zero-order valence-electron chi connectivity index (χ0n) is 10.2. The summed E-state index contributed by atoms with van der Waals surface area (Å²) < 4.78 is 19.2. The number of allylic oxidation sites excluding steroid dienone is 1. The summed E-state index contributed by atoms with van der Waals surface area (Å²) >= 11 is 0. The maximum absolute atomic E-state index is 13.8. The Kier molecular flexibility index (Phi) is 3.43. The van der Waals surface area contributed by atoms with E-state index in [1.165, 1.54) is 12.1 Å². The maximum atomic E-state index is 13.8. The summed E-state index contributed by atoms with van der Waals surface area (Å²) in [6, 6.07) is 4.56. The predicted molar refractivity (Wildman–Crippen MR) is 69.9 cm³/mol. The average molecular weight is 260 g/mol. The quantitative estimate of drug-likeness (QED) is 0.818. The van der Waals surface area contributed by atoms with Crippen molar-refractivity contribution in [2.45, 2.75) is 6.54 Å². The number of rotatable bonds is 4. The fourth-order valence-electron chi connectivity index (χ4n) is 1.45. The summed E-state index contributed by atoms with van der Waals surface area (Å²) in [6.45, 7) is 7.43. The largest absolute Gasteiger partial charge is 0.416 e. The summed E-state index contributed by atoms with van der Waals surface area (Å²) in [6.07, 6.45) is 0. The predicted octanol–water partition coefficient (Wildman–Crippen LogP) is 1.82. The van der Waals surface area contributed by atoms with Crippen LogP contribution in [0.1, 0.15) is 11.5 Å². The third-order valence-corrected chi connectivity index (χ3v) is 2.57. The first-order valence-electron chi connectivity index (χ1n) is 5.49. The fraction of sp³-hybridized carbons (Fsp3) is 0.0769. The number of hydrogen-bond acceptors (Lipinski definition) is 5. The Morgan fingerprint density at radius 1 is 1.32 bits per heavy atom. The molecule has 0 aliphatic rings. The lowest BCUT2D eigenvalue weighted by Crippen LogP contribution is -1.97. The number of nitrogens with two attached hydrogens (primary N) is 2. The smallest absolute Gasteiger partial charge is 0.251 e. The fourth-order valence-corrected chi connectivity index (χ4v) is 1.45. The molecule has 0 unspecified atom stereocenters. The zero-order chi connectivity index (χ0) is 14.0. The Labute approximate surface area is 109 Å². The van der Waals surface area contributed by atoms with Crippen LogP contribution in [0, 0.1) is 5.82 Å². The minimum Gasteiger partial charge on any atom is -0.416 e. The molecule has 0 saturated carbocycles. The highest BCUT2D eigenvalue weighted by molar-refractivity contribution is 5.70. The number of aromatic nitrogens is 2. The first-order chi connectivity index (χ1) is 9.02. The molecule has 0 atom stereocenters. The van der Waals surface area contributed by atoms with E-state index in [2.05, 4.69) is 23.4 Å². The van der Waals surface area contributed by atoms with Gasteiger partial charge in [-0.15, -0.1) is 10.2 Å². The van der Waals surface area contributed by atoms with Gasteiger partial charge in [0, 0.05) is 12.2 Å². The van der Waals surface area contributed by atoms with Crippen LogP contribution in [0.2, 0.25) is 0 Å². The number of benzene rings is 1. The molecule has 0 spiro atoms. The lowest BCUT2D eigenvalue weighted by molar-refractivity contribution is 0.545. The third-order valence-electron chi connectivity index (χ3n) is 2.57. The van der Waals surface area contributed by atoms with Gasteiger partial charge in [0.15, 0.2) is 0 Å². The Morgan fingerprint density at radius 3 is 2.63 bits per heavy atom. The summed E-state index contributed by atoms with van der Waals surface area (Å²) in [5.41, 5.74) is 12.3. The van der Waals surface area contributed by atoms with Crippen molar-refractivity contribution in [3.05, 3.63) is 54.3 Å². The van der Waals surface area contributed by atoms with Crippen LogP contribution in [0.4, 0.5) is 4.39 Å². The lowest BCUT2D eigenvalue weighted by Gasteiger charge is -2.01. The topological polar surface area (TPSA) is 91.0 Å². The molecule has 1 heterocycles. The summed E-state index contributed by atoms with van der Waals surface area (Å²) in [4.78, 5) is 0. The highest BCUT2D eigenvalue weighted by Gasteiger charge is 2.15. The molecule has 6 heteroatoms. The molecule has 1 aromatic carbocycles. The van der Waals surface area contributed by atoms with Crippen LogP contribution >= 0.6 is 0 Å². The number of nitrogens with zero attached hydrogens (tertiary/aromatic N) is 2. The van der Waals surface area contributed by atoms with E-state index in [9.17, 15) is 4.39 Å². The van der Waals surface area contributed by atoms with E-state index in [1.54, 1.807) is 6.07 Å². The van der Waals surface area contributed by atoms with E-state index < -0.39 is 5.82 Å². The van der Waals surface area contributed by atoms with Crippen LogP contribution in [0.3, 0.4) is 0 Å². The normalized spacial score (nSPS) is 10.4. The molecular formula is C13H13FN4O. The van der Waals surface area contributed by atoms with Crippen LogP contribution in [-0.2, 0) is 6.54 Å². The molecule has 0 aliphatic carbocycles. The molecule has 98 valence electrons. The van der Waals surface area contributed by atoms with Crippen LogP contribution in [0.5, 0.6) is 0 Å². The Hall–Kier alpha value is -2.47. The van der Waals surface area contributed by atoms with Crippen molar-refractivity contribution in [2.24, 2.45) is 11.5 Å². The van der Waals surface area contributed by atoms with Gasteiger partial charge >= 0.3 is 0 Å². The van der Waals surface area contributed by atoms with Gasteiger partial charge in [-0.25, -0.2) is 4.39 Å². The second kappa shape index (κ2) is 5.03. The first kappa shape index (κ1) is 13.0. The Morgan fingerprint density at radius 2 is 2.05 bits per heavy atom. The van der Waals surface area contributed by atoms with E-state index in [-0.39, 0.29) is 29.6 Å². The monoisotopic (exact) mass is 260 g/mol. The van der Waals surface area contributed by atoms with E-state index in [1.807, 2.05) is 0 Å². The molecule has 0 fully saturated rings.